The quantitative estimate of drug-likeness (QED) is 0.643. The van der Waals surface area contributed by atoms with Crippen LogP contribution in [0.5, 0.6) is 0 Å². The van der Waals surface area contributed by atoms with E-state index < -0.39 is 0 Å². The van der Waals surface area contributed by atoms with Gasteiger partial charge in [-0.1, -0.05) is 0 Å². The molecule has 2 rings (SSSR count). The summed E-state index contributed by atoms with van der Waals surface area (Å²) in [5.74, 6) is 0. The van der Waals surface area contributed by atoms with Crippen LogP contribution in [-0.4, -0.2) is 13.1 Å². The minimum Gasteiger partial charge on any atom is -0.389 e. The smallest absolute Gasteiger partial charge is 0.104 e. The van der Waals surface area contributed by atoms with Gasteiger partial charge in [-0.05, 0) is 31.5 Å². The maximum absolute atomic E-state index is 8.91. The molecule has 13 heavy (non-hydrogen) atoms. The summed E-state index contributed by atoms with van der Waals surface area (Å²) in [6.45, 7) is 1.95. The number of thiophene rings is 1. The van der Waals surface area contributed by atoms with Crippen LogP contribution in [0, 0.1) is 11.3 Å². The first kappa shape index (κ1) is 8.54. The number of nitrogen functional groups attached to an aromatic ring is 1. The number of hydrogen-bond donors (Lipinski definition) is 2. The van der Waals surface area contributed by atoms with Gasteiger partial charge in [-0.2, -0.15) is 5.26 Å². The molecule has 0 saturated heterocycles. The van der Waals surface area contributed by atoms with Crippen LogP contribution >= 0.6 is 11.3 Å². The van der Waals surface area contributed by atoms with Crippen molar-refractivity contribution < 1.29 is 0 Å². The van der Waals surface area contributed by atoms with Gasteiger partial charge in [0.05, 0.1) is 5.56 Å². The van der Waals surface area contributed by atoms with Crippen LogP contribution in [0.3, 0.4) is 0 Å². The van der Waals surface area contributed by atoms with E-state index in [1.807, 2.05) is 0 Å². The highest BCUT2D eigenvalue weighted by Crippen LogP contribution is 2.31. The average molecular weight is 193 g/mol. The zero-order chi connectivity index (χ0) is 9.26. The van der Waals surface area contributed by atoms with E-state index in [4.69, 9.17) is 11.0 Å². The van der Waals surface area contributed by atoms with Crippen molar-refractivity contribution in [2.75, 3.05) is 18.8 Å². The fourth-order valence-electron chi connectivity index (χ4n) is 1.66. The molecule has 1 aromatic heterocycles. The van der Waals surface area contributed by atoms with Crippen molar-refractivity contribution in [2.45, 2.75) is 12.8 Å². The normalized spacial score (nSPS) is 15.9. The number of rotatable bonds is 0. The van der Waals surface area contributed by atoms with Crippen molar-refractivity contribution in [3.05, 3.63) is 16.0 Å². The first-order valence-electron chi connectivity index (χ1n) is 4.33. The number of nitrogens with zero attached hydrogens (tertiary/aromatic N) is 1. The maximum Gasteiger partial charge on any atom is 0.104 e. The minimum atomic E-state index is 0.689. The first-order valence-corrected chi connectivity index (χ1v) is 5.15. The molecule has 0 bridgehead atoms. The molecule has 4 heteroatoms. The molecule has 1 aliphatic rings. The van der Waals surface area contributed by atoms with E-state index in [0.29, 0.717) is 10.6 Å². The maximum atomic E-state index is 8.91. The second kappa shape index (κ2) is 3.36. The van der Waals surface area contributed by atoms with Crippen molar-refractivity contribution >= 4 is 16.3 Å². The molecule has 0 amide bonds. The van der Waals surface area contributed by atoms with E-state index in [1.165, 1.54) is 10.4 Å². The molecular formula is C9H11N3S. The minimum absolute atomic E-state index is 0.689. The molecule has 68 valence electrons. The van der Waals surface area contributed by atoms with Crippen LogP contribution in [0.25, 0.3) is 0 Å². The van der Waals surface area contributed by atoms with Gasteiger partial charge in [0.15, 0.2) is 0 Å². The van der Waals surface area contributed by atoms with E-state index >= 15 is 0 Å². The highest BCUT2D eigenvalue weighted by atomic mass is 32.1. The number of nitriles is 1. The summed E-state index contributed by atoms with van der Waals surface area (Å²) in [6.07, 6.45) is 1.94. The molecular weight excluding hydrogens is 182 g/mol. The van der Waals surface area contributed by atoms with Gasteiger partial charge >= 0.3 is 0 Å². The Morgan fingerprint density at radius 3 is 2.92 bits per heavy atom. The fourth-order valence-corrected chi connectivity index (χ4v) is 2.73. The Labute approximate surface area is 81.2 Å². The van der Waals surface area contributed by atoms with E-state index in [-0.39, 0.29) is 0 Å². The Bertz CT molecular complexity index is 362. The molecule has 1 aliphatic heterocycles. The van der Waals surface area contributed by atoms with Gasteiger partial charge in [0, 0.05) is 4.88 Å². The van der Waals surface area contributed by atoms with E-state index in [1.54, 1.807) is 11.3 Å². The number of nitrogens with one attached hydrogen (secondary N) is 1. The molecule has 0 unspecified atom stereocenters. The summed E-state index contributed by atoms with van der Waals surface area (Å²) in [6, 6.07) is 2.19. The summed E-state index contributed by atoms with van der Waals surface area (Å²) in [5.41, 5.74) is 7.65. The van der Waals surface area contributed by atoms with E-state index in [0.717, 1.165) is 25.9 Å². The summed E-state index contributed by atoms with van der Waals surface area (Å²) >= 11 is 1.57. The average Bonchev–Trinajstić information content (AvgIpc) is 2.32. The molecule has 0 radical (unpaired) electrons. The van der Waals surface area contributed by atoms with Crippen LogP contribution in [0.1, 0.15) is 16.0 Å². The zero-order valence-corrected chi connectivity index (χ0v) is 8.08. The van der Waals surface area contributed by atoms with E-state index in [2.05, 4.69) is 11.4 Å². The van der Waals surface area contributed by atoms with Gasteiger partial charge in [-0.15, -0.1) is 11.3 Å². The number of anilines is 1. The summed E-state index contributed by atoms with van der Waals surface area (Å²) in [7, 11) is 0. The summed E-state index contributed by atoms with van der Waals surface area (Å²) < 4.78 is 0. The molecule has 0 spiro atoms. The molecule has 1 aromatic rings. The zero-order valence-electron chi connectivity index (χ0n) is 7.26. The number of fused-ring (bicyclic) bond motifs is 1. The lowest BCUT2D eigenvalue weighted by atomic mass is 10.1. The van der Waals surface area contributed by atoms with Gasteiger partial charge in [-0.3, -0.25) is 0 Å². The van der Waals surface area contributed by atoms with Gasteiger partial charge in [0.1, 0.15) is 11.1 Å². The molecule has 0 aliphatic carbocycles. The van der Waals surface area contributed by atoms with Gasteiger partial charge < -0.3 is 11.1 Å². The predicted octanol–water partition coefficient (Wildman–Crippen LogP) is 0.890. The Balaban J connectivity index is 2.48. The number of nitrogens with two attached hydrogens (primary N) is 1. The molecule has 2 heterocycles. The lowest BCUT2D eigenvalue weighted by Crippen LogP contribution is -2.16. The van der Waals surface area contributed by atoms with E-state index in [9.17, 15) is 0 Å². The van der Waals surface area contributed by atoms with Crippen molar-refractivity contribution in [3.8, 4) is 6.07 Å². The lowest BCUT2D eigenvalue weighted by Gasteiger charge is -1.96. The molecule has 0 atom stereocenters. The molecule has 0 saturated carbocycles. The summed E-state index contributed by atoms with van der Waals surface area (Å²) in [4.78, 5) is 1.29. The largest absolute Gasteiger partial charge is 0.389 e. The lowest BCUT2D eigenvalue weighted by molar-refractivity contribution is 0.711. The van der Waals surface area contributed by atoms with Gasteiger partial charge in [0.25, 0.3) is 0 Å². The van der Waals surface area contributed by atoms with Gasteiger partial charge in [-0.25, -0.2) is 0 Å². The molecule has 3 N–H and O–H groups in total. The second-order valence-corrected chi connectivity index (χ2v) is 4.24. The van der Waals surface area contributed by atoms with Crippen LogP contribution in [-0.2, 0) is 12.8 Å². The third-order valence-electron chi connectivity index (χ3n) is 2.31. The second-order valence-electron chi connectivity index (χ2n) is 3.10. The molecule has 0 aromatic carbocycles. The van der Waals surface area contributed by atoms with Crippen molar-refractivity contribution in [2.24, 2.45) is 0 Å². The Morgan fingerprint density at radius 2 is 2.15 bits per heavy atom. The summed E-state index contributed by atoms with van der Waals surface area (Å²) in [5, 5.41) is 12.9. The third kappa shape index (κ3) is 1.41. The van der Waals surface area contributed by atoms with Crippen LogP contribution in [0.4, 0.5) is 5.00 Å². The fraction of sp³-hybridized carbons (Fsp3) is 0.444. The van der Waals surface area contributed by atoms with Crippen LogP contribution in [0.2, 0.25) is 0 Å². The monoisotopic (exact) mass is 193 g/mol. The molecule has 3 nitrogen and oxygen atoms in total. The number of hydrogen-bond acceptors (Lipinski definition) is 4. The first-order chi connectivity index (χ1) is 6.33. The van der Waals surface area contributed by atoms with Gasteiger partial charge in [0.2, 0.25) is 0 Å². The van der Waals surface area contributed by atoms with Crippen molar-refractivity contribution in [1.29, 1.82) is 5.26 Å². The predicted molar refractivity (Wildman–Crippen MR) is 53.7 cm³/mol. The van der Waals surface area contributed by atoms with Crippen LogP contribution in [0.15, 0.2) is 0 Å². The Kier molecular flexibility index (Phi) is 2.21. The third-order valence-corrected chi connectivity index (χ3v) is 3.43. The van der Waals surface area contributed by atoms with Crippen LogP contribution < -0.4 is 11.1 Å². The SMILES string of the molecule is N#Cc1c(N)sc2c1CCNCC2. The van der Waals surface area contributed by atoms with Crippen molar-refractivity contribution in [3.63, 3.8) is 0 Å². The van der Waals surface area contributed by atoms with Crippen molar-refractivity contribution in [1.82, 2.24) is 5.32 Å². The Morgan fingerprint density at radius 1 is 1.38 bits per heavy atom. The molecule has 0 fully saturated rings. The highest BCUT2D eigenvalue weighted by Gasteiger charge is 2.17. The Hall–Kier alpha value is -1.05. The standard InChI is InChI=1S/C9H11N3S/c10-5-7-6-1-3-12-4-2-8(6)13-9(7)11/h12H,1-4,11H2. The topological polar surface area (TPSA) is 61.8 Å². The highest BCUT2D eigenvalue weighted by molar-refractivity contribution is 7.16.